The van der Waals surface area contributed by atoms with Crippen LogP contribution >= 0.6 is 43.5 Å². The summed E-state index contributed by atoms with van der Waals surface area (Å²) in [6.45, 7) is 1.61. The molecule has 1 N–H and O–H groups in total. The molecule has 0 aliphatic carbocycles. The Morgan fingerprint density at radius 3 is 2.67 bits per heavy atom. The maximum atomic E-state index is 12.0. The lowest BCUT2D eigenvalue weighted by Gasteiger charge is -2.12. The first-order chi connectivity index (χ1) is 11.3. The summed E-state index contributed by atoms with van der Waals surface area (Å²) in [7, 11) is 0. The van der Waals surface area contributed by atoms with Gasteiger partial charge in [0.05, 0.1) is 9.40 Å². The monoisotopic (exact) mass is 476 g/mol. The van der Waals surface area contributed by atoms with E-state index in [1.165, 1.54) is 18.2 Å². The second kappa shape index (κ2) is 7.96. The number of nitrogens with one attached hydrogen (secondary N) is 1. The molecule has 6 nitrogen and oxygen atoms in total. The molecule has 126 valence electrons. The van der Waals surface area contributed by atoms with E-state index in [0.29, 0.717) is 10.2 Å². The molecule has 0 spiro atoms. The fourth-order valence-electron chi connectivity index (χ4n) is 1.94. The van der Waals surface area contributed by atoms with Crippen molar-refractivity contribution in [3.05, 3.63) is 60.0 Å². The van der Waals surface area contributed by atoms with Crippen molar-refractivity contribution in [2.75, 3.05) is 11.9 Å². The summed E-state index contributed by atoms with van der Waals surface area (Å²) >= 11 is 12.5. The van der Waals surface area contributed by atoms with E-state index in [-0.39, 0.29) is 23.0 Å². The molecule has 24 heavy (non-hydrogen) atoms. The molecule has 2 aromatic rings. The molecule has 2 aromatic carbocycles. The van der Waals surface area contributed by atoms with Gasteiger partial charge < -0.3 is 10.1 Å². The maximum absolute atomic E-state index is 12.0. The molecule has 0 aliphatic heterocycles. The number of nitro groups is 1. The van der Waals surface area contributed by atoms with E-state index in [1.54, 1.807) is 0 Å². The van der Waals surface area contributed by atoms with Gasteiger partial charge in [-0.3, -0.25) is 14.9 Å². The maximum Gasteiger partial charge on any atom is 0.289 e. The summed E-state index contributed by atoms with van der Waals surface area (Å²) < 4.78 is 7.12. The van der Waals surface area contributed by atoms with Gasteiger partial charge >= 0.3 is 0 Å². The summed E-state index contributed by atoms with van der Waals surface area (Å²) in [5.74, 6) is 0.108. The molecule has 0 atom stereocenters. The molecule has 0 fully saturated rings. The molecular formula is C15H11Br2ClN2O4. The van der Waals surface area contributed by atoms with Crippen LogP contribution in [0.15, 0.2) is 39.3 Å². The summed E-state index contributed by atoms with van der Waals surface area (Å²) in [6.07, 6.45) is 0. The molecule has 0 heterocycles. The van der Waals surface area contributed by atoms with Crippen molar-refractivity contribution in [2.45, 2.75) is 6.92 Å². The van der Waals surface area contributed by atoms with Crippen LogP contribution in [-0.2, 0) is 4.79 Å². The zero-order valence-corrected chi connectivity index (χ0v) is 16.2. The lowest BCUT2D eigenvalue weighted by Crippen LogP contribution is -2.20. The number of carbonyl (C=O) groups excluding carboxylic acids is 1. The predicted molar refractivity (Wildman–Crippen MR) is 98.8 cm³/mol. The van der Waals surface area contributed by atoms with E-state index < -0.39 is 10.8 Å². The van der Waals surface area contributed by atoms with Gasteiger partial charge in [0.25, 0.3) is 11.6 Å². The highest BCUT2D eigenvalue weighted by molar-refractivity contribution is 9.11. The average molecular weight is 479 g/mol. The fraction of sp³-hybridized carbons (Fsp3) is 0.133. The largest absolute Gasteiger partial charge is 0.482 e. The van der Waals surface area contributed by atoms with Crippen molar-refractivity contribution >= 4 is 60.7 Å². The molecule has 9 heteroatoms. The molecule has 1 amide bonds. The standard InChI is InChI=1S/C15H11Br2ClN2O4/c1-8-4-9(16)5-11(17)15(8)24-7-14(21)19-10-2-3-12(18)13(6-10)20(22)23/h2-6H,7H2,1H3,(H,19,21). The zero-order valence-electron chi connectivity index (χ0n) is 12.3. The van der Waals surface area contributed by atoms with Gasteiger partial charge in [-0.1, -0.05) is 27.5 Å². The van der Waals surface area contributed by atoms with Gasteiger partial charge in [-0.2, -0.15) is 0 Å². The van der Waals surface area contributed by atoms with Gasteiger partial charge in [0.2, 0.25) is 0 Å². The van der Waals surface area contributed by atoms with Gasteiger partial charge in [-0.05, 0) is 52.7 Å². The minimum atomic E-state index is -0.614. The number of aryl methyl sites for hydroxylation is 1. The number of ether oxygens (including phenoxy) is 1. The number of amides is 1. The third kappa shape index (κ3) is 4.68. The third-order valence-corrected chi connectivity index (χ3v) is 4.33. The third-order valence-electron chi connectivity index (χ3n) is 2.97. The van der Waals surface area contributed by atoms with Gasteiger partial charge in [0, 0.05) is 16.2 Å². The Bertz CT molecular complexity index is 791. The van der Waals surface area contributed by atoms with Crippen molar-refractivity contribution in [3.63, 3.8) is 0 Å². The summed E-state index contributed by atoms with van der Waals surface area (Å²) in [6, 6.07) is 7.70. The number of nitrogens with zero attached hydrogens (tertiary/aromatic N) is 1. The molecule has 0 bridgehead atoms. The molecule has 0 saturated heterocycles. The minimum absolute atomic E-state index is 0.00340. The first kappa shape index (κ1) is 18.7. The van der Waals surface area contributed by atoms with E-state index in [0.717, 1.165) is 10.0 Å². The van der Waals surface area contributed by atoms with E-state index in [1.807, 2.05) is 19.1 Å². The van der Waals surface area contributed by atoms with Crippen molar-refractivity contribution in [1.29, 1.82) is 0 Å². The van der Waals surface area contributed by atoms with Crippen LogP contribution in [0.1, 0.15) is 5.56 Å². The Hall–Kier alpha value is -1.64. The van der Waals surface area contributed by atoms with Crippen molar-refractivity contribution in [3.8, 4) is 5.75 Å². The normalized spacial score (nSPS) is 10.3. The number of benzene rings is 2. The number of hydrogen-bond acceptors (Lipinski definition) is 4. The molecule has 0 radical (unpaired) electrons. The van der Waals surface area contributed by atoms with E-state index in [2.05, 4.69) is 37.2 Å². The highest BCUT2D eigenvalue weighted by Gasteiger charge is 2.15. The predicted octanol–water partition coefficient (Wildman–Crippen LogP) is 5.10. The summed E-state index contributed by atoms with van der Waals surface area (Å²) in [5.41, 5.74) is 0.847. The van der Waals surface area contributed by atoms with Gasteiger partial charge in [0.1, 0.15) is 10.8 Å². The van der Waals surface area contributed by atoms with Crippen molar-refractivity contribution in [1.82, 2.24) is 0 Å². The Balaban J connectivity index is 2.04. The topological polar surface area (TPSA) is 81.5 Å². The van der Waals surface area contributed by atoms with Gasteiger partial charge in [0.15, 0.2) is 6.61 Å². The Kier molecular flexibility index (Phi) is 6.20. The van der Waals surface area contributed by atoms with Crippen LogP contribution in [-0.4, -0.2) is 17.4 Å². The van der Waals surface area contributed by atoms with Crippen LogP contribution in [0, 0.1) is 17.0 Å². The number of anilines is 1. The highest BCUT2D eigenvalue weighted by atomic mass is 79.9. The first-order valence-corrected chi connectivity index (χ1v) is 8.56. The molecule has 0 saturated carbocycles. The lowest BCUT2D eigenvalue weighted by molar-refractivity contribution is -0.384. The molecule has 0 unspecified atom stereocenters. The Morgan fingerprint density at radius 1 is 1.33 bits per heavy atom. The lowest BCUT2D eigenvalue weighted by atomic mass is 10.2. The highest BCUT2D eigenvalue weighted by Crippen LogP contribution is 2.32. The fourth-order valence-corrected chi connectivity index (χ4v) is 3.68. The van der Waals surface area contributed by atoms with Crippen molar-refractivity contribution < 1.29 is 14.5 Å². The van der Waals surface area contributed by atoms with Crippen LogP contribution in [0.3, 0.4) is 0 Å². The Labute approximate surface area is 159 Å². The van der Waals surface area contributed by atoms with Crippen molar-refractivity contribution in [2.24, 2.45) is 0 Å². The number of nitro benzene ring substituents is 1. The Morgan fingerprint density at radius 2 is 2.04 bits per heavy atom. The number of carbonyl (C=O) groups is 1. The molecule has 0 aromatic heterocycles. The van der Waals surface area contributed by atoms with Gasteiger partial charge in [-0.15, -0.1) is 0 Å². The van der Waals surface area contributed by atoms with Crippen LogP contribution < -0.4 is 10.1 Å². The number of rotatable bonds is 5. The van der Waals surface area contributed by atoms with E-state index in [4.69, 9.17) is 16.3 Å². The second-order valence-corrected chi connectivity index (χ2v) is 6.97. The quantitative estimate of drug-likeness (QED) is 0.479. The molecular weight excluding hydrogens is 467 g/mol. The zero-order chi connectivity index (χ0) is 17.9. The first-order valence-electron chi connectivity index (χ1n) is 6.60. The van der Waals surface area contributed by atoms with E-state index in [9.17, 15) is 14.9 Å². The van der Waals surface area contributed by atoms with Gasteiger partial charge in [-0.25, -0.2) is 0 Å². The van der Waals surface area contributed by atoms with E-state index >= 15 is 0 Å². The SMILES string of the molecule is Cc1cc(Br)cc(Br)c1OCC(=O)Nc1ccc(Cl)c([N+](=O)[O-])c1. The van der Waals surface area contributed by atoms with Crippen LogP contribution in [0.5, 0.6) is 5.75 Å². The summed E-state index contributed by atoms with van der Waals surface area (Å²) in [5, 5.41) is 13.4. The molecule has 0 aliphatic rings. The smallest absolute Gasteiger partial charge is 0.289 e. The molecule has 2 rings (SSSR count). The number of hydrogen-bond donors (Lipinski definition) is 1. The second-order valence-electron chi connectivity index (χ2n) is 4.79. The minimum Gasteiger partial charge on any atom is -0.482 e. The van der Waals surface area contributed by atoms with Crippen LogP contribution in [0.25, 0.3) is 0 Å². The summed E-state index contributed by atoms with van der Waals surface area (Å²) in [4.78, 5) is 22.2. The number of halogens is 3. The van der Waals surface area contributed by atoms with Crippen LogP contribution in [0.2, 0.25) is 5.02 Å². The van der Waals surface area contributed by atoms with Crippen LogP contribution in [0.4, 0.5) is 11.4 Å². The average Bonchev–Trinajstić information content (AvgIpc) is 2.47.